The van der Waals surface area contributed by atoms with Crippen LogP contribution in [0.3, 0.4) is 0 Å². The van der Waals surface area contributed by atoms with Crippen LogP contribution in [0.25, 0.3) is 0 Å². The fraction of sp³-hybridized carbons (Fsp3) is 0.111. The van der Waals surface area contributed by atoms with Crippen molar-refractivity contribution in [1.29, 1.82) is 0 Å². The van der Waals surface area contributed by atoms with Crippen LogP contribution in [0.15, 0.2) is 32.5 Å². The van der Waals surface area contributed by atoms with Crippen molar-refractivity contribution in [1.82, 2.24) is 0 Å². The molecule has 0 spiro atoms. The maximum atomic E-state index is 5.71. The largest absolute Gasteiger partial charge is 0.448 e. The van der Waals surface area contributed by atoms with Gasteiger partial charge in [0.2, 0.25) is 0 Å². The first-order valence-electron chi connectivity index (χ1n) is 3.80. The fourth-order valence-corrected chi connectivity index (χ4v) is 3.94. The second-order valence-corrected chi connectivity index (χ2v) is 5.73. The Morgan fingerprint density at radius 2 is 2.14 bits per heavy atom. The van der Waals surface area contributed by atoms with Gasteiger partial charge in [0.1, 0.15) is 10.6 Å². The van der Waals surface area contributed by atoms with E-state index in [0.29, 0.717) is 5.22 Å². The zero-order chi connectivity index (χ0) is 10.1. The molecule has 1 atom stereocenters. The van der Waals surface area contributed by atoms with Crippen molar-refractivity contribution in [3.8, 4) is 0 Å². The fourth-order valence-electron chi connectivity index (χ4n) is 1.08. The second-order valence-electron chi connectivity index (χ2n) is 2.64. The highest BCUT2D eigenvalue weighted by Gasteiger charge is 2.18. The van der Waals surface area contributed by atoms with Crippen molar-refractivity contribution in [2.24, 2.45) is 0 Å². The summed E-state index contributed by atoms with van der Waals surface area (Å²) in [4.78, 5) is 1.24. The summed E-state index contributed by atoms with van der Waals surface area (Å²) >= 11 is 14.4. The van der Waals surface area contributed by atoms with Crippen LogP contribution >= 0.6 is 54.8 Å². The Bertz CT molecular complexity index is 437. The third-order valence-electron chi connectivity index (χ3n) is 1.72. The first-order valence-corrected chi connectivity index (χ1v) is 6.77. The number of hydrogen-bond donors (Lipinski definition) is 0. The maximum Gasteiger partial charge on any atom is 0.193 e. The summed E-state index contributed by atoms with van der Waals surface area (Å²) in [5.41, 5.74) is 0. The summed E-state index contributed by atoms with van der Waals surface area (Å²) in [5.74, 6) is 0.818. The van der Waals surface area contributed by atoms with Gasteiger partial charge in [0.15, 0.2) is 5.22 Å². The zero-order valence-corrected chi connectivity index (χ0v) is 11.6. The van der Waals surface area contributed by atoms with E-state index in [4.69, 9.17) is 16.0 Å². The van der Waals surface area contributed by atoms with Crippen molar-refractivity contribution in [2.45, 2.75) is 4.83 Å². The molecular weight excluding hydrogens is 351 g/mol. The number of thiophene rings is 1. The summed E-state index contributed by atoms with van der Waals surface area (Å²) in [7, 11) is 0. The van der Waals surface area contributed by atoms with Crippen LogP contribution in [0, 0.1) is 0 Å². The Balaban J connectivity index is 2.33. The number of rotatable bonds is 2. The minimum Gasteiger partial charge on any atom is -0.448 e. The predicted molar refractivity (Wildman–Crippen MR) is 66.5 cm³/mol. The molecule has 2 heterocycles. The van der Waals surface area contributed by atoms with Gasteiger partial charge in [-0.2, -0.15) is 0 Å². The van der Waals surface area contributed by atoms with Crippen molar-refractivity contribution < 1.29 is 4.42 Å². The van der Waals surface area contributed by atoms with Crippen molar-refractivity contribution in [3.05, 3.63) is 43.9 Å². The maximum absolute atomic E-state index is 5.71. The van der Waals surface area contributed by atoms with Gasteiger partial charge in [0.25, 0.3) is 0 Å². The van der Waals surface area contributed by atoms with E-state index in [9.17, 15) is 0 Å². The van der Waals surface area contributed by atoms with E-state index in [0.717, 1.165) is 10.2 Å². The average Bonchev–Trinajstić information content (AvgIpc) is 2.73. The van der Waals surface area contributed by atoms with Crippen LogP contribution in [-0.4, -0.2) is 0 Å². The van der Waals surface area contributed by atoms with E-state index >= 15 is 0 Å². The molecule has 1 unspecified atom stereocenters. The van der Waals surface area contributed by atoms with Gasteiger partial charge in [-0.25, -0.2) is 0 Å². The second kappa shape index (κ2) is 4.39. The minimum atomic E-state index is 0.0596. The van der Waals surface area contributed by atoms with Gasteiger partial charge in [0, 0.05) is 9.35 Å². The molecule has 0 N–H and O–H groups in total. The van der Waals surface area contributed by atoms with Crippen LogP contribution in [-0.2, 0) is 0 Å². The predicted octanol–water partition coefficient (Wildman–Crippen LogP) is 5.24. The highest BCUT2D eigenvalue weighted by atomic mass is 79.9. The number of halogens is 3. The van der Waals surface area contributed by atoms with E-state index < -0.39 is 0 Å². The van der Waals surface area contributed by atoms with Crippen molar-refractivity contribution in [2.75, 3.05) is 0 Å². The van der Waals surface area contributed by atoms with E-state index in [1.807, 2.05) is 17.5 Å². The number of furan rings is 1. The molecule has 0 aliphatic carbocycles. The summed E-state index contributed by atoms with van der Waals surface area (Å²) in [6.45, 7) is 0. The lowest BCUT2D eigenvalue weighted by atomic mass is 10.3. The number of hydrogen-bond acceptors (Lipinski definition) is 2. The first-order chi connectivity index (χ1) is 6.68. The monoisotopic (exact) mass is 354 g/mol. The van der Waals surface area contributed by atoms with E-state index in [-0.39, 0.29) is 4.83 Å². The van der Waals surface area contributed by atoms with Crippen LogP contribution in [0.1, 0.15) is 15.5 Å². The molecular formula is C9H5Br2ClOS. The number of alkyl halides is 1. The molecule has 0 amide bonds. The molecule has 0 aliphatic heterocycles. The van der Waals surface area contributed by atoms with E-state index in [2.05, 4.69) is 31.9 Å². The van der Waals surface area contributed by atoms with E-state index in [1.54, 1.807) is 17.4 Å². The Morgan fingerprint density at radius 1 is 1.36 bits per heavy atom. The molecule has 0 aromatic carbocycles. The van der Waals surface area contributed by atoms with Gasteiger partial charge in [-0.15, -0.1) is 11.3 Å². The third kappa shape index (κ3) is 2.08. The van der Waals surface area contributed by atoms with Gasteiger partial charge < -0.3 is 4.42 Å². The van der Waals surface area contributed by atoms with Crippen LogP contribution in [0.2, 0.25) is 5.22 Å². The highest BCUT2D eigenvalue weighted by Crippen LogP contribution is 2.39. The highest BCUT2D eigenvalue weighted by molar-refractivity contribution is 9.11. The molecule has 0 radical (unpaired) electrons. The van der Waals surface area contributed by atoms with Gasteiger partial charge in [-0.1, -0.05) is 15.9 Å². The van der Waals surface area contributed by atoms with Crippen LogP contribution in [0.5, 0.6) is 0 Å². The Hall–Kier alpha value is 0.230. The lowest BCUT2D eigenvalue weighted by Crippen LogP contribution is -1.86. The molecule has 0 bridgehead atoms. The zero-order valence-electron chi connectivity index (χ0n) is 6.84. The molecule has 2 aromatic rings. The SMILES string of the molecule is Clc1ccc(C(Br)c2sccc2Br)o1. The smallest absolute Gasteiger partial charge is 0.193 e. The van der Waals surface area contributed by atoms with Crippen LogP contribution in [0.4, 0.5) is 0 Å². The lowest BCUT2D eigenvalue weighted by Gasteiger charge is -2.04. The topological polar surface area (TPSA) is 13.1 Å². The third-order valence-corrected chi connectivity index (χ3v) is 5.07. The lowest BCUT2D eigenvalue weighted by molar-refractivity contribution is 0.522. The Labute approximate surface area is 107 Å². The molecule has 0 saturated heterocycles. The Morgan fingerprint density at radius 3 is 2.64 bits per heavy atom. The normalized spacial score (nSPS) is 13.1. The van der Waals surface area contributed by atoms with Gasteiger partial charge >= 0.3 is 0 Å². The molecule has 74 valence electrons. The molecule has 0 saturated carbocycles. The molecule has 14 heavy (non-hydrogen) atoms. The molecule has 5 heteroatoms. The summed E-state index contributed by atoms with van der Waals surface area (Å²) in [5, 5.41) is 2.44. The van der Waals surface area contributed by atoms with Crippen molar-refractivity contribution >= 4 is 54.8 Å². The van der Waals surface area contributed by atoms with Gasteiger partial charge in [-0.3, -0.25) is 0 Å². The molecule has 0 fully saturated rings. The molecule has 2 rings (SSSR count). The van der Waals surface area contributed by atoms with E-state index in [1.165, 1.54) is 4.88 Å². The standard InChI is InChI=1S/C9H5Br2ClOS/c10-5-3-4-14-9(5)8(11)6-1-2-7(12)13-6/h1-4,8H. The van der Waals surface area contributed by atoms with Gasteiger partial charge in [-0.05, 0) is 51.1 Å². The molecule has 2 aromatic heterocycles. The summed E-state index contributed by atoms with van der Waals surface area (Å²) < 4.78 is 6.41. The molecule has 1 nitrogen and oxygen atoms in total. The van der Waals surface area contributed by atoms with Crippen molar-refractivity contribution in [3.63, 3.8) is 0 Å². The van der Waals surface area contributed by atoms with Crippen LogP contribution < -0.4 is 0 Å². The summed E-state index contributed by atoms with van der Waals surface area (Å²) in [6.07, 6.45) is 0. The molecule has 0 aliphatic rings. The Kier molecular flexibility index (Phi) is 3.37. The average molecular weight is 356 g/mol. The summed E-state index contributed by atoms with van der Waals surface area (Å²) in [6, 6.07) is 5.62. The first kappa shape index (κ1) is 10.7. The van der Waals surface area contributed by atoms with Gasteiger partial charge in [0.05, 0.1) is 0 Å². The quantitative estimate of drug-likeness (QED) is 0.671. The minimum absolute atomic E-state index is 0.0596.